The average molecular weight is 428 g/mol. The van der Waals surface area contributed by atoms with Crippen molar-refractivity contribution in [1.82, 2.24) is 13.9 Å². The minimum absolute atomic E-state index is 0.0278. The predicted octanol–water partition coefficient (Wildman–Crippen LogP) is 3.05. The highest BCUT2D eigenvalue weighted by Gasteiger charge is 2.33. The summed E-state index contributed by atoms with van der Waals surface area (Å²) in [6.07, 6.45) is 6.38. The zero-order valence-corrected chi connectivity index (χ0v) is 16.9. The van der Waals surface area contributed by atoms with E-state index < -0.39 is 21.8 Å². The first-order valence-corrected chi connectivity index (χ1v) is 11.0. The molecule has 30 heavy (non-hydrogen) atoms. The molecule has 0 bridgehead atoms. The second-order valence-electron chi connectivity index (χ2n) is 7.16. The van der Waals surface area contributed by atoms with Gasteiger partial charge in [0.2, 0.25) is 15.9 Å². The Morgan fingerprint density at radius 3 is 2.50 bits per heavy atom. The Kier molecular flexibility index (Phi) is 5.65. The normalized spacial score (nSPS) is 17.6. The van der Waals surface area contributed by atoms with Gasteiger partial charge in [0, 0.05) is 36.9 Å². The smallest absolute Gasteiger partial charge is 0.243 e. The Hall–Kier alpha value is -3.04. The van der Waals surface area contributed by atoms with Crippen molar-refractivity contribution < 1.29 is 17.6 Å². The number of carbonyl (C=O) groups excluding carboxylic acids is 1. The summed E-state index contributed by atoms with van der Waals surface area (Å²) < 4.78 is 42.0. The second-order valence-corrected chi connectivity index (χ2v) is 9.10. The van der Waals surface area contributed by atoms with Gasteiger partial charge in [0.15, 0.2) is 0 Å². The maximum absolute atomic E-state index is 13.1. The van der Waals surface area contributed by atoms with E-state index in [1.54, 1.807) is 24.7 Å². The van der Waals surface area contributed by atoms with Gasteiger partial charge in [-0.3, -0.25) is 4.79 Å². The highest BCUT2D eigenvalue weighted by atomic mass is 32.2. The van der Waals surface area contributed by atoms with Gasteiger partial charge in [-0.25, -0.2) is 17.8 Å². The molecule has 156 valence electrons. The van der Waals surface area contributed by atoms with Crippen LogP contribution >= 0.6 is 0 Å². The van der Waals surface area contributed by atoms with Gasteiger partial charge in [0.1, 0.15) is 5.82 Å². The van der Waals surface area contributed by atoms with Gasteiger partial charge in [0.05, 0.1) is 17.1 Å². The molecule has 0 aliphatic carbocycles. The summed E-state index contributed by atoms with van der Waals surface area (Å²) in [5.74, 6) is -1.17. The molecular formula is C21H21FN4O3S. The highest BCUT2D eigenvalue weighted by molar-refractivity contribution is 7.89. The molecule has 2 heterocycles. The standard InChI is InChI=1S/C21H21FN4O3S/c22-17-3-9-20(10-4-17)30(28,29)26-12-1-2-16(14-26)21(27)24-18-5-7-19(8-6-18)25-13-11-23-15-25/h3-11,13,15-16H,1-2,12,14H2,(H,24,27). The van der Waals surface area contributed by atoms with Crippen LogP contribution in [0.1, 0.15) is 12.8 Å². The van der Waals surface area contributed by atoms with E-state index in [0.717, 1.165) is 17.8 Å². The lowest BCUT2D eigenvalue weighted by Gasteiger charge is -2.31. The molecule has 4 rings (SSSR count). The van der Waals surface area contributed by atoms with E-state index in [1.165, 1.54) is 16.4 Å². The Balaban J connectivity index is 1.42. The fraction of sp³-hybridized carbons (Fsp3) is 0.238. The third-order valence-corrected chi connectivity index (χ3v) is 7.02. The molecule has 0 saturated carbocycles. The second kappa shape index (κ2) is 8.37. The third kappa shape index (κ3) is 4.27. The molecule has 1 saturated heterocycles. The summed E-state index contributed by atoms with van der Waals surface area (Å²) in [4.78, 5) is 16.8. The summed E-state index contributed by atoms with van der Waals surface area (Å²) in [6.45, 7) is 0.432. The summed E-state index contributed by atoms with van der Waals surface area (Å²) in [6, 6.07) is 12.0. The predicted molar refractivity (Wildman–Crippen MR) is 110 cm³/mol. The van der Waals surface area contributed by atoms with Crippen LogP contribution in [0.3, 0.4) is 0 Å². The van der Waals surface area contributed by atoms with E-state index in [1.807, 2.05) is 22.9 Å². The minimum Gasteiger partial charge on any atom is -0.326 e. The van der Waals surface area contributed by atoms with Crippen LogP contribution in [0, 0.1) is 11.7 Å². The van der Waals surface area contributed by atoms with Crippen LogP contribution in [0.25, 0.3) is 5.69 Å². The number of nitrogens with zero attached hydrogens (tertiary/aromatic N) is 3. The molecular weight excluding hydrogens is 407 g/mol. The number of aromatic nitrogens is 2. The monoisotopic (exact) mass is 428 g/mol. The first kappa shape index (κ1) is 20.2. The molecule has 1 amide bonds. The average Bonchev–Trinajstić information content (AvgIpc) is 3.30. The molecule has 1 fully saturated rings. The molecule has 1 unspecified atom stereocenters. The Labute approximate surface area is 174 Å². The van der Waals surface area contributed by atoms with E-state index in [0.29, 0.717) is 25.1 Å². The first-order valence-electron chi connectivity index (χ1n) is 9.58. The van der Waals surface area contributed by atoms with E-state index in [9.17, 15) is 17.6 Å². The molecule has 1 atom stereocenters. The van der Waals surface area contributed by atoms with Crippen molar-refractivity contribution in [1.29, 1.82) is 0 Å². The molecule has 0 radical (unpaired) electrons. The molecule has 9 heteroatoms. The van der Waals surface area contributed by atoms with Crippen molar-refractivity contribution in [2.75, 3.05) is 18.4 Å². The lowest BCUT2D eigenvalue weighted by atomic mass is 9.98. The van der Waals surface area contributed by atoms with Crippen molar-refractivity contribution in [2.24, 2.45) is 5.92 Å². The van der Waals surface area contributed by atoms with E-state index in [2.05, 4.69) is 10.3 Å². The molecule has 1 aliphatic heterocycles. The number of hydrogen-bond acceptors (Lipinski definition) is 4. The van der Waals surface area contributed by atoms with Crippen LogP contribution < -0.4 is 5.32 Å². The molecule has 0 spiro atoms. The summed E-state index contributed by atoms with van der Waals surface area (Å²) in [7, 11) is -3.77. The van der Waals surface area contributed by atoms with E-state index in [-0.39, 0.29) is 17.3 Å². The number of benzene rings is 2. The lowest BCUT2D eigenvalue weighted by Crippen LogP contribution is -2.43. The molecule has 2 aromatic carbocycles. The summed E-state index contributed by atoms with van der Waals surface area (Å²) >= 11 is 0. The van der Waals surface area contributed by atoms with E-state index in [4.69, 9.17) is 0 Å². The molecule has 3 aromatic rings. The number of imidazole rings is 1. The fourth-order valence-electron chi connectivity index (χ4n) is 3.50. The maximum Gasteiger partial charge on any atom is 0.243 e. The van der Waals surface area contributed by atoms with Gasteiger partial charge < -0.3 is 9.88 Å². The van der Waals surface area contributed by atoms with Crippen LogP contribution in [-0.2, 0) is 14.8 Å². The first-order chi connectivity index (χ1) is 14.4. The van der Waals surface area contributed by atoms with Crippen molar-refractivity contribution in [2.45, 2.75) is 17.7 Å². The van der Waals surface area contributed by atoms with Gasteiger partial charge in [-0.1, -0.05) is 0 Å². The maximum atomic E-state index is 13.1. The van der Waals surface area contributed by atoms with Gasteiger partial charge >= 0.3 is 0 Å². The van der Waals surface area contributed by atoms with Crippen molar-refractivity contribution in [3.05, 3.63) is 73.1 Å². The molecule has 7 nitrogen and oxygen atoms in total. The number of hydrogen-bond donors (Lipinski definition) is 1. The number of rotatable bonds is 5. The highest BCUT2D eigenvalue weighted by Crippen LogP contribution is 2.25. The number of amides is 1. The van der Waals surface area contributed by atoms with E-state index >= 15 is 0 Å². The Bertz CT molecular complexity index is 1110. The zero-order valence-electron chi connectivity index (χ0n) is 16.1. The van der Waals surface area contributed by atoms with Gasteiger partial charge in [-0.2, -0.15) is 4.31 Å². The molecule has 1 aromatic heterocycles. The van der Waals surface area contributed by atoms with Gasteiger partial charge in [0.25, 0.3) is 0 Å². The number of piperidine rings is 1. The number of anilines is 1. The van der Waals surface area contributed by atoms with Crippen molar-refractivity contribution >= 4 is 21.6 Å². The van der Waals surface area contributed by atoms with Gasteiger partial charge in [-0.15, -0.1) is 0 Å². The number of carbonyl (C=O) groups is 1. The van der Waals surface area contributed by atoms with Crippen molar-refractivity contribution in [3.8, 4) is 5.69 Å². The Morgan fingerprint density at radius 2 is 1.83 bits per heavy atom. The quantitative estimate of drug-likeness (QED) is 0.677. The molecule has 1 aliphatic rings. The summed E-state index contributed by atoms with van der Waals surface area (Å²) in [5.41, 5.74) is 1.56. The van der Waals surface area contributed by atoms with Crippen LogP contribution in [0.5, 0.6) is 0 Å². The van der Waals surface area contributed by atoms with Gasteiger partial charge in [-0.05, 0) is 61.4 Å². The van der Waals surface area contributed by atoms with Crippen LogP contribution in [0.2, 0.25) is 0 Å². The van der Waals surface area contributed by atoms with Crippen LogP contribution in [-0.4, -0.2) is 41.3 Å². The third-order valence-electron chi connectivity index (χ3n) is 5.14. The SMILES string of the molecule is O=C(Nc1ccc(-n2ccnc2)cc1)C1CCCN(S(=O)(=O)c2ccc(F)cc2)C1. The molecule has 1 N–H and O–H groups in total. The van der Waals surface area contributed by atoms with Crippen LogP contribution in [0.15, 0.2) is 72.1 Å². The van der Waals surface area contributed by atoms with Crippen LogP contribution in [0.4, 0.5) is 10.1 Å². The summed E-state index contributed by atoms with van der Waals surface area (Å²) in [5, 5.41) is 2.87. The zero-order chi connectivity index (χ0) is 21.1. The Morgan fingerprint density at radius 1 is 1.10 bits per heavy atom. The topological polar surface area (TPSA) is 84.3 Å². The lowest BCUT2D eigenvalue weighted by molar-refractivity contribution is -0.120. The largest absolute Gasteiger partial charge is 0.326 e. The number of nitrogens with one attached hydrogen (secondary N) is 1. The number of sulfonamides is 1. The van der Waals surface area contributed by atoms with Crippen molar-refractivity contribution in [3.63, 3.8) is 0 Å². The number of halogens is 1. The fourth-order valence-corrected chi connectivity index (χ4v) is 5.03. The minimum atomic E-state index is -3.77.